The zero-order valence-electron chi connectivity index (χ0n) is 10.8. The van der Waals surface area contributed by atoms with Crippen LogP contribution in [0, 0.1) is 23.7 Å². The minimum atomic E-state index is -0.537. The van der Waals surface area contributed by atoms with E-state index in [1.54, 1.807) is 0 Å². The fourth-order valence-corrected chi connectivity index (χ4v) is 2.65. The first-order valence-corrected chi connectivity index (χ1v) is 6.64. The van der Waals surface area contributed by atoms with Gasteiger partial charge in [0, 0.05) is 0 Å². The number of rotatable bonds is 4. The number of hydrogen-bond donors (Lipinski definition) is 0. The Morgan fingerprint density at radius 1 is 1.13 bits per heavy atom. The monoisotopic (exact) mass is 214 g/mol. The second kappa shape index (κ2) is 5.86. The van der Waals surface area contributed by atoms with Gasteiger partial charge in [-0.1, -0.05) is 40.5 Å². The van der Waals surface area contributed by atoms with Gasteiger partial charge in [-0.25, -0.2) is 4.39 Å². The van der Waals surface area contributed by atoms with Crippen molar-refractivity contribution in [3.8, 4) is 0 Å². The molecule has 0 aromatic heterocycles. The van der Waals surface area contributed by atoms with Gasteiger partial charge in [0.15, 0.2) is 0 Å². The Labute approximate surface area is 94.6 Å². The third-order valence-electron chi connectivity index (χ3n) is 4.14. The predicted octanol–water partition coefficient (Wildman–Crippen LogP) is 4.83. The molecule has 1 heteroatoms. The van der Waals surface area contributed by atoms with E-state index >= 15 is 0 Å². The van der Waals surface area contributed by atoms with E-state index < -0.39 is 6.17 Å². The molecule has 0 spiro atoms. The molecule has 0 amide bonds. The maximum absolute atomic E-state index is 13.6. The van der Waals surface area contributed by atoms with Crippen LogP contribution in [0.15, 0.2) is 0 Å². The zero-order chi connectivity index (χ0) is 11.4. The highest BCUT2D eigenvalue weighted by Crippen LogP contribution is 2.36. The molecule has 0 radical (unpaired) electrons. The second-order valence-electron chi connectivity index (χ2n) is 6.01. The van der Waals surface area contributed by atoms with E-state index in [9.17, 15) is 4.39 Å². The molecule has 0 aromatic rings. The lowest BCUT2D eigenvalue weighted by Gasteiger charge is -2.33. The zero-order valence-corrected chi connectivity index (χ0v) is 10.8. The highest BCUT2D eigenvalue weighted by molar-refractivity contribution is 4.80. The fourth-order valence-electron chi connectivity index (χ4n) is 2.65. The van der Waals surface area contributed by atoms with Crippen LogP contribution in [0.4, 0.5) is 4.39 Å². The second-order valence-corrected chi connectivity index (χ2v) is 6.01. The summed E-state index contributed by atoms with van der Waals surface area (Å²) in [5, 5.41) is 0. The van der Waals surface area contributed by atoms with Crippen LogP contribution < -0.4 is 0 Å². The first-order valence-electron chi connectivity index (χ1n) is 6.64. The quantitative estimate of drug-likeness (QED) is 0.628. The van der Waals surface area contributed by atoms with Gasteiger partial charge in [0.05, 0.1) is 0 Å². The van der Waals surface area contributed by atoms with Gasteiger partial charge in [0.2, 0.25) is 0 Å². The smallest absolute Gasteiger partial charge is 0.103 e. The molecule has 0 heterocycles. The molecule has 15 heavy (non-hydrogen) atoms. The van der Waals surface area contributed by atoms with Crippen LogP contribution in [0.2, 0.25) is 0 Å². The van der Waals surface area contributed by atoms with Crippen LogP contribution >= 0.6 is 0 Å². The molecule has 0 N–H and O–H groups in total. The molecule has 4 atom stereocenters. The maximum atomic E-state index is 13.6. The molecule has 0 aliphatic heterocycles. The summed E-state index contributed by atoms with van der Waals surface area (Å²) in [6.07, 6.45) is 5.21. The van der Waals surface area contributed by atoms with E-state index in [-0.39, 0.29) is 0 Å². The molecule has 0 saturated heterocycles. The van der Waals surface area contributed by atoms with Crippen molar-refractivity contribution in [2.45, 2.75) is 66.0 Å². The molecule has 1 rings (SSSR count). The standard InChI is InChI=1S/C14H27F/c1-10(2)5-6-11(3)13-8-7-12(4)14(15)9-13/h10-14H,5-9H2,1-4H3. The predicted molar refractivity (Wildman–Crippen MR) is 64.6 cm³/mol. The molecule has 1 aliphatic carbocycles. The number of alkyl halides is 1. The Balaban J connectivity index is 2.30. The van der Waals surface area contributed by atoms with Crippen molar-refractivity contribution >= 4 is 0 Å². The molecule has 0 nitrogen and oxygen atoms in total. The van der Waals surface area contributed by atoms with Crippen LogP contribution in [0.3, 0.4) is 0 Å². The molecule has 90 valence electrons. The molecule has 1 saturated carbocycles. The molecular formula is C14H27F. The van der Waals surface area contributed by atoms with Crippen molar-refractivity contribution in [2.24, 2.45) is 23.7 Å². The van der Waals surface area contributed by atoms with Gasteiger partial charge in [-0.05, 0) is 42.9 Å². The lowest BCUT2D eigenvalue weighted by Crippen LogP contribution is -2.27. The van der Waals surface area contributed by atoms with Crippen LogP contribution in [0.25, 0.3) is 0 Å². The van der Waals surface area contributed by atoms with Gasteiger partial charge in [-0.3, -0.25) is 0 Å². The Hall–Kier alpha value is -0.0700. The summed E-state index contributed by atoms with van der Waals surface area (Å²) < 4.78 is 13.6. The largest absolute Gasteiger partial charge is 0.247 e. The summed E-state index contributed by atoms with van der Waals surface area (Å²) in [5.74, 6) is 2.46. The van der Waals surface area contributed by atoms with Crippen molar-refractivity contribution < 1.29 is 4.39 Å². The number of halogens is 1. The molecule has 1 fully saturated rings. The van der Waals surface area contributed by atoms with E-state index in [1.807, 2.05) is 0 Å². The van der Waals surface area contributed by atoms with Crippen molar-refractivity contribution in [1.82, 2.24) is 0 Å². The number of hydrogen-bond acceptors (Lipinski definition) is 0. The van der Waals surface area contributed by atoms with E-state index in [0.29, 0.717) is 11.8 Å². The van der Waals surface area contributed by atoms with Gasteiger partial charge in [-0.15, -0.1) is 0 Å². The van der Waals surface area contributed by atoms with Crippen LogP contribution in [0.1, 0.15) is 59.8 Å². The van der Waals surface area contributed by atoms with Gasteiger partial charge in [0.25, 0.3) is 0 Å². The highest BCUT2D eigenvalue weighted by atomic mass is 19.1. The van der Waals surface area contributed by atoms with E-state index in [1.165, 1.54) is 19.3 Å². The van der Waals surface area contributed by atoms with Crippen molar-refractivity contribution in [3.05, 3.63) is 0 Å². The molecule has 1 aliphatic rings. The first-order chi connectivity index (χ1) is 7.00. The van der Waals surface area contributed by atoms with E-state index in [2.05, 4.69) is 27.7 Å². The average molecular weight is 214 g/mol. The third-order valence-corrected chi connectivity index (χ3v) is 4.14. The van der Waals surface area contributed by atoms with E-state index in [4.69, 9.17) is 0 Å². The molecule has 0 bridgehead atoms. The molecule has 4 unspecified atom stereocenters. The summed E-state index contributed by atoms with van der Waals surface area (Å²) in [4.78, 5) is 0. The van der Waals surface area contributed by atoms with Crippen molar-refractivity contribution in [2.75, 3.05) is 0 Å². The Bertz CT molecular complexity index is 176. The van der Waals surface area contributed by atoms with Crippen LogP contribution in [-0.2, 0) is 0 Å². The lowest BCUT2D eigenvalue weighted by atomic mass is 9.74. The Morgan fingerprint density at radius 2 is 1.80 bits per heavy atom. The summed E-state index contributed by atoms with van der Waals surface area (Å²) in [6, 6.07) is 0. The molecule has 0 aromatic carbocycles. The lowest BCUT2D eigenvalue weighted by molar-refractivity contribution is 0.106. The Morgan fingerprint density at radius 3 is 2.33 bits per heavy atom. The summed E-state index contributed by atoms with van der Waals surface area (Å²) in [6.45, 7) is 8.91. The van der Waals surface area contributed by atoms with Crippen LogP contribution in [0.5, 0.6) is 0 Å². The van der Waals surface area contributed by atoms with Crippen LogP contribution in [-0.4, -0.2) is 6.17 Å². The summed E-state index contributed by atoms with van der Waals surface area (Å²) in [7, 11) is 0. The highest BCUT2D eigenvalue weighted by Gasteiger charge is 2.30. The minimum absolute atomic E-state index is 0.304. The Kier molecular flexibility index (Phi) is 5.08. The maximum Gasteiger partial charge on any atom is 0.103 e. The van der Waals surface area contributed by atoms with Gasteiger partial charge >= 0.3 is 0 Å². The summed E-state index contributed by atoms with van der Waals surface area (Å²) in [5.41, 5.74) is 0. The normalized spacial score (nSPS) is 34.4. The average Bonchev–Trinajstić information content (AvgIpc) is 2.18. The van der Waals surface area contributed by atoms with Gasteiger partial charge in [0.1, 0.15) is 6.17 Å². The summed E-state index contributed by atoms with van der Waals surface area (Å²) >= 11 is 0. The minimum Gasteiger partial charge on any atom is -0.247 e. The van der Waals surface area contributed by atoms with Gasteiger partial charge < -0.3 is 0 Å². The topological polar surface area (TPSA) is 0 Å². The van der Waals surface area contributed by atoms with Crippen molar-refractivity contribution in [1.29, 1.82) is 0 Å². The SMILES string of the molecule is CC(C)CCC(C)C1CCC(C)C(F)C1. The molecular weight excluding hydrogens is 187 g/mol. The third kappa shape index (κ3) is 4.12. The van der Waals surface area contributed by atoms with E-state index in [0.717, 1.165) is 24.7 Å². The fraction of sp³-hybridized carbons (Fsp3) is 1.00. The first kappa shape index (κ1) is 13.0. The van der Waals surface area contributed by atoms with Gasteiger partial charge in [-0.2, -0.15) is 0 Å². The van der Waals surface area contributed by atoms with Crippen molar-refractivity contribution in [3.63, 3.8) is 0 Å².